The van der Waals surface area contributed by atoms with Gasteiger partial charge in [-0.25, -0.2) is 0 Å². The number of rotatable bonds is 3. The maximum atomic E-state index is 6.30. The molecule has 2 unspecified atom stereocenters. The number of pyridine rings is 1. The van der Waals surface area contributed by atoms with E-state index in [4.69, 9.17) is 16.3 Å². The molecule has 2 atom stereocenters. The minimum absolute atomic E-state index is 0.102. The summed E-state index contributed by atoms with van der Waals surface area (Å²) in [5.41, 5.74) is 0.605. The van der Waals surface area contributed by atoms with Gasteiger partial charge in [-0.05, 0) is 53.3 Å². The van der Waals surface area contributed by atoms with E-state index in [0.29, 0.717) is 10.9 Å². The van der Waals surface area contributed by atoms with E-state index in [1.807, 2.05) is 19.2 Å². The lowest BCUT2D eigenvalue weighted by Crippen LogP contribution is -2.37. The highest BCUT2D eigenvalue weighted by Crippen LogP contribution is 2.47. The van der Waals surface area contributed by atoms with Crippen LogP contribution in [-0.4, -0.2) is 23.2 Å². The first-order valence-corrected chi connectivity index (χ1v) is 7.12. The summed E-state index contributed by atoms with van der Waals surface area (Å²) < 4.78 is 6.18. The van der Waals surface area contributed by atoms with E-state index in [9.17, 15) is 0 Å². The average molecular weight is 283 g/mol. The normalized spacial score (nSPS) is 26.3. The minimum atomic E-state index is -0.196. The lowest BCUT2D eigenvalue weighted by molar-refractivity contribution is -0.0778. The van der Waals surface area contributed by atoms with Gasteiger partial charge in [-0.1, -0.05) is 11.6 Å². The minimum Gasteiger partial charge on any atom is -0.369 e. The molecule has 2 rings (SSSR count). The first-order valence-electron chi connectivity index (χ1n) is 6.75. The number of ether oxygens (including phenoxy) is 1. The van der Waals surface area contributed by atoms with Gasteiger partial charge in [0.2, 0.25) is 0 Å². The molecule has 19 heavy (non-hydrogen) atoms. The number of nitrogens with one attached hydrogen (secondary N) is 1. The largest absolute Gasteiger partial charge is 0.369 e. The lowest BCUT2D eigenvalue weighted by Gasteiger charge is -2.32. The summed E-state index contributed by atoms with van der Waals surface area (Å²) in [6, 6.07) is 3.85. The van der Waals surface area contributed by atoms with Crippen molar-refractivity contribution >= 4 is 11.6 Å². The molecule has 3 nitrogen and oxygen atoms in total. The summed E-state index contributed by atoms with van der Waals surface area (Å²) in [6.07, 6.45) is 2.78. The topological polar surface area (TPSA) is 34.2 Å². The van der Waals surface area contributed by atoms with Crippen molar-refractivity contribution in [3.63, 3.8) is 0 Å². The smallest absolute Gasteiger partial charge is 0.0762 e. The fourth-order valence-corrected chi connectivity index (χ4v) is 3.52. The van der Waals surface area contributed by atoms with Crippen molar-refractivity contribution in [3.05, 3.63) is 29.0 Å². The molecule has 0 bridgehead atoms. The van der Waals surface area contributed by atoms with Gasteiger partial charge >= 0.3 is 0 Å². The second-order valence-electron chi connectivity index (χ2n) is 6.41. The Balaban J connectivity index is 2.36. The van der Waals surface area contributed by atoms with Crippen molar-refractivity contribution in [3.8, 4) is 0 Å². The highest BCUT2D eigenvalue weighted by molar-refractivity contribution is 6.31. The first-order chi connectivity index (χ1) is 8.77. The summed E-state index contributed by atoms with van der Waals surface area (Å²) in [5.74, 6) is 0.333. The molecule has 1 aromatic heterocycles. The van der Waals surface area contributed by atoms with Crippen LogP contribution in [0.25, 0.3) is 0 Å². The summed E-state index contributed by atoms with van der Waals surface area (Å²) in [5, 5.41) is 4.08. The van der Waals surface area contributed by atoms with Crippen LogP contribution in [0.1, 0.15) is 45.9 Å². The molecule has 0 aliphatic carbocycles. The standard InChI is InChI=1S/C15H23ClN2O/c1-14(2)9-10(15(3,4)19-14)12(17-5)13-11(16)7-6-8-18-13/h6-8,10,12,17H,9H2,1-5H3. The summed E-state index contributed by atoms with van der Waals surface area (Å²) in [7, 11) is 1.96. The van der Waals surface area contributed by atoms with Crippen LogP contribution in [-0.2, 0) is 4.74 Å². The molecule has 1 fully saturated rings. The van der Waals surface area contributed by atoms with Crippen molar-refractivity contribution in [2.75, 3.05) is 7.05 Å². The SMILES string of the molecule is CNC(c1ncccc1Cl)C1CC(C)(C)OC1(C)C. The molecule has 1 saturated heterocycles. The van der Waals surface area contributed by atoms with E-state index in [1.54, 1.807) is 6.20 Å². The van der Waals surface area contributed by atoms with Crippen molar-refractivity contribution < 1.29 is 4.74 Å². The van der Waals surface area contributed by atoms with Gasteiger partial charge in [-0.2, -0.15) is 0 Å². The zero-order valence-corrected chi connectivity index (χ0v) is 13.1. The molecule has 2 heterocycles. The number of nitrogens with zero attached hydrogens (tertiary/aromatic N) is 1. The van der Waals surface area contributed by atoms with Crippen molar-refractivity contribution in [2.45, 2.75) is 51.4 Å². The second kappa shape index (κ2) is 5.04. The molecule has 0 saturated carbocycles. The van der Waals surface area contributed by atoms with Crippen LogP contribution in [0.2, 0.25) is 5.02 Å². The zero-order chi connectivity index (χ0) is 14.3. The molecule has 0 radical (unpaired) electrons. The number of hydrogen-bond donors (Lipinski definition) is 1. The number of halogens is 1. The molecule has 0 amide bonds. The van der Waals surface area contributed by atoms with Gasteiger partial charge in [0.05, 0.1) is 28.0 Å². The van der Waals surface area contributed by atoms with Gasteiger partial charge in [0.25, 0.3) is 0 Å². The molecular weight excluding hydrogens is 260 g/mol. The molecule has 1 N–H and O–H groups in total. The monoisotopic (exact) mass is 282 g/mol. The molecule has 0 aromatic carbocycles. The molecule has 1 aliphatic heterocycles. The van der Waals surface area contributed by atoms with Crippen molar-refractivity contribution in [1.82, 2.24) is 10.3 Å². The third-order valence-corrected chi connectivity index (χ3v) is 4.26. The fraction of sp³-hybridized carbons (Fsp3) is 0.667. The van der Waals surface area contributed by atoms with Crippen molar-refractivity contribution in [1.29, 1.82) is 0 Å². The summed E-state index contributed by atoms with van der Waals surface area (Å²) in [6.45, 7) is 8.57. The number of hydrogen-bond acceptors (Lipinski definition) is 3. The molecule has 106 valence electrons. The highest BCUT2D eigenvalue weighted by Gasteiger charge is 2.49. The Bertz CT molecular complexity index is 459. The third-order valence-electron chi connectivity index (χ3n) is 3.94. The summed E-state index contributed by atoms with van der Waals surface area (Å²) >= 11 is 6.30. The van der Waals surface area contributed by atoms with E-state index in [1.165, 1.54) is 0 Å². The average Bonchev–Trinajstić information content (AvgIpc) is 2.51. The Hall–Kier alpha value is -0.640. The molecule has 1 aromatic rings. The zero-order valence-electron chi connectivity index (χ0n) is 12.3. The molecule has 4 heteroatoms. The van der Waals surface area contributed by atoms with Gasteiger partial charge in [0, 0.05) is 12.1 Å². The van der Waals surface area contributed by atoms with E-state index in [-0.39, 0.29) is 17.2 Å². The molecular formula is C15H23ClN2O. The maximum absolute atomic E-state index is 6.30. The van der Waals surface area contributed by atoms with E-state index in [2.05, 4.69) is 38.0 Å². The van der Waals surface area contributed by atoms with E-state index in [0.717, 1.165) is 12.1 Å². The highest BCUT2D eigenvalue weighted by atomic mass is 35.5. The Kier molecular flexibility index (Phi) is 3.92. The van der Waals surface area contributed by atoms with Crippen LogP contribution in [0.15, 0.2) is 18.3 Å². The van der Waals surface area contributed by atoms with Crippen LogP contribution in [0, 0.1) is 5.92 Å². The van der Waals surface area contributed by atoms with Gasteiger partial charge < -0.3 is 10.1 Å². The molecule has 1 aliphatic rings. The van der Waals surface area contributed by atoms with Gasteiger partial charge in [0.1, 0.15) is 0 Å². The van der Waals surface area contributed by atoms with Gasteiger partial charge in [-0.3, -0.25) is 4.98 Å². The van der Waals surface area contributed by atoms with Crippen LogP contribution >= 0.6 is 11.6 Å². The van der Waals surface area contributed by atoms with Crippen LogP contribution in [0.5, 0.6) is 0 Å². The quantitative estimate of drug-likeness (QED) is 0.920. The second-order valence-corrected chi connectivity index (χ2v) is 6.82. The predicted molar refractivity (Wildman–Crippen MR) is 78.4 cm³/mol. The Morgan fingerprint density at radius 3 is 2.58 bits per heavy atom. The Morgan fingerprint density at radius 1 is 1.42 bits per heavy atom. The Labute approximate surface area is 120 Å². The van der Waals surface area contributed by atoms with Crippen LogP contribution in [0.3, 0.4) is 0 Å². The van der Waals surface area contributed by atoms with Gasteiger partial charge in [-0.15, -0.1) is 0 Å². The van der Waals surface area contributed by atoms with E-state index >= 15 is 0 Å². The third kappa shape index (κ3) is 2.93. The lowest BCUT2D eigenvalue weighted by atomic mass is 9.80. The fourth-order valence-electron chi connectivity index (χ4n) is 3.28. The van der Waals surface area contributed by atoms with Crippen LogP contribution < -0.4 is 5.32 Å². The summed E-state index contributed by atoms with van der Waals surface area (Å²) in [4.78, 5) is 4.46. The maximum Gasteiger partial charge on any atom is 0.0762 e. The first kappa shape index (κ1) is 14.8. The van der Waals surface area contributed by atoms with E-state index < -0.39 is 0 Å². The Morgan fingerprint density at radius 2 is 2.11 bits per heavy atom. The molecule has 0 spiro atoms. The van der Waals surface area contributed by atoms with Gasteiger partial charge in [0.15, 0.2) is 0 Å². The van der Waals surface area contributed by atoms with Crippen molar-refractivity contribution in [2.24, 2.45) is 5.92 Å². The van der Waals surface area contributed by atoms with Crippen LogP contribution in [0.4, 0.5) is 0 Å². The predicted octanol–water partition coefficient (Wildman–Crippen LogP) is 3.59. The number of aromatic nitrogens is 1.